The van der Waals surface area contributed by atoms with Crippen LogP contribution in [0.4, 0.5) is 13.2 Å². The lowest BCUT2D eigenvalue weighted by molar-refractivity contribution is -0.153. The average Bonchev–Trinajstić information content (AvgIpc) is 2.64. The van der Waals surface area contributed by atoms with E-state index in [-0.39, 0.29) is 24.0 Å². The summed E-state index contributed by atoms with van der Waals surface area (Å²) < 4.78 is 46.5. The van der Waals surface area contributed by atoms with Gasteiger partial charge in [-0.25, -0.2) is 0 Å². The van der Waals surface area contributed by atoms with Gasteiger partial charge in [0, 0.05) is 18.7 Å². The van der Waals surface area contributed by atoms with E-state index in [1.54, 1.807) is 30.3 Å². The minimum Gasteiger partial charge on any atom is -0.493 e. The number of methoxy groups -OCH3 is 1. The summed E-state index contributed by atoms with van der Waals surface area (Å²) in [6.45, 7) is -0.823. The molecule has 0 atom stereocenters. The van der Waals surface area contributed by atoms with Crippen LogP contribution in [0.5, 0.6) is 11.5 Å². The maximum Gasteiger partial charge on any atom is 0.422 e. The molecule has 0 spiro atoms. The van der Waals surface area contributed by atoms with Gasteiger partial charge in [0.05, 0.1) is 7.11 Å². The predicted molar refractivity (Wildman–Crippen MR) is 90.0 cm³/mol. The molecule has 0 radical (unpaired) electrons. The Morgan fingerprint density at radius 2 is 1.73 bits per heavy atom. The molecule has 0 aliphatic carbocycles. The molecule has 2 aromatic carbocycles. The number of benzene rings is 2. The van der Waals surface area contributed by atoms with E-state index in [4.69, 9.17) is 15.2 Å². The molecular formula is C18H19F3N2O3. The summed E-state index contributed by atoms with van der Waals surface area (Å²) in [6, 6.07) is 11.3. The highest BCUT2D eigenvalue weighted by Gasteiger charge is 2.29. The van der Waals surface area contributed by atoms with Gasteiger partial charge >= 0.3 is 6.18 Å². The van der Waals surface area contributed by atoms with Gasteiger partial charge in [-0.15, -0.1) is 0 Å². The van der Waals surface area contributed by atoms with E-state index in [1.807, 2.05) is 0 Å². The molecule has 0 aromatic heterocycles. The molecule has 0 aliphatic heterocycles. The molecule has 140 valence electrons. The first-order valence-electron chi connectivity index (χ1n) is 7.76. The third-order valence-corrected chi connectivity index (χ3v) is 3.52. The Morgan fingerprint density at radius 1 is 1.08 bits per heavy atom. The molecule has 0 heterocycles. The van der Waals surface area contributed by atoms with Crippen LogP contribution in [0, 0.1) is 0 Å². The Bertz CT molecular complexity index is 746. The van der Waals surface area contributed by atoms with E-state index in [9.17, 15) is 18.0 Å². The van der Waals surface area contributed by atoms with Gasteiger partial charge in [0.15, 0.2) is 18.1 Å². The maximum absolute atomic E-state index is 12.3. The first-order chi connectivity index (χ1) is 12.3. The third-order valence-electron chi connectivity index (χ3n) is 3.52. The molecule has 3 N–H and O–H groups in total. The number of hydrogen-bond donors (Lipinski definition) is 2. The lowest BCUT2D eigenvalue weighted by atomic mass is 10.1. The van der Waals surface area contributed by atoms with Gasteiger partial charge in [-0.05, 0) is 35.4 Å². The predicted octanol–water partition coefficient (Wildman–Crippen LogP) is 3.03. The molecule has 0 saturated carbocycles. The second-order valence-corrected chi connectivity index (χ2v) is 5.47. The summed E-state index contributed by atoms with van der Waals surface area (Å²) >= 11 is 0. The smallest absolute Gasteiger partial charge is 0.422 e. The molecule has 5 nitrogen and oxygen atoms in total. The number of carbonyl (C=O) groups is 1. The molecule has 0 bridgehead atoms. The lowest BCUT2D eigenvalue weighted by Crippen LogP contribution is -2.23. The zero-order valence-electron chi connectivity index (χ0n) is 14.1. The van der Waals surface area contributed by atoms with Gasteiger partial charge in [0.25, 0.3) is 5.91 Å². The van der Waals surface area contributed by atoms with Crippen LogP contribution in [-0.2, 0) is 13.1 Å². The summed E-state index contributed by atoms with van der Waals surface area (Å²) in [7, 11) is 1.33. The molecule has 2 rings (SSSR count). The molecular weight excluding hydrogens is 349 g/mol. The third kappa shape index (κ3) is 5.66. The number of alkyl halides is 3. The second kappa shape index (κ2) is 8.57. The van der Waals surface area contributed by atoms with Crippen molar-refractivity contribution in [2.45, 2.75) is 19.3 Å². The van der Waals surface area contributed by atoms with Gasteiger partial charge in [0.1, 0.15) is 0 Å². The molecule has 8 heteroatoms. The van der Waals surface area contributed by atoms with Crippen molar-refractivity contribution >= 4 is 5.91 Å². The van der Waals surface area contributed by atoms with Crippen LogP contribution in [0.15, 0.2) is 42.5 Å². The Morgan fingerprint density at radius 3 is 2.31 bits per heavy atom. The SMILES string of the molecule is COc1cc(CNC(=O)c2ccc(CN)cc2)ccc1OCC(F)(F)F. The number of nitrogens with one attached hydrogen (secondary N) is 1. The standard InChI is InChI=1S/C18H19F3N2O3/c1-25-16-8-13(4-7-15(16)26-11-18(19,20)21)10-23-17(24)14-5-2-12(9-22)3-6-14/h2-8H,9-11,22H2,1H3,(H,23,24). The van der Waals surface area contributed by atoms with Crippen molar-refractivity contribution in [2.24, 2.45) is 5.73 Å². The Hall–Kier alpha value is -2.74. The molecule has 0 aliphatic rings. The van der Waals surface area contributed by atoms with E-state index in [0.717, 1.165) is 5.56 Å². The number of halogens is 3. The van der Waals surface area contributed by atoms with Crippen molar-refractivity contribution in [2.75, 3.05) is 13.7 Å². The summed E-state index contributed by atoms with van der Waals surface area (Å²) in [4.78, 5) is 12.1. The summed E-state index contributed by atoms with van der Waals surface area (Å²) in [5, 5.41) is 2.73. The van der Waals surface area contributed by atoms with Crippen LogP contribution in [0.2, 0.25) is 0 Å². The molecule has 0 saturated heterocycles. The van der Waals surface area contributed by atoms with Crippen LogP contribution in [0.3, 0.4) is 0 Å². The summed E-state index contributed by atoms with van der Waals surface area (Å²) in [6.07, 6.45) is -4.43. The number of ether oxygens (including phenoxy) is 2. The zero-order chi connectivity index (χ0) is 19.2. The van der Waals surface area contributed by atoms with Crippen LogP contribution in [0.1, 0.15) is 21.5 Å². The highest BCUT2D eigenvalue weighted by atomic mass is 19.4. The Kier molecular flexibility index (Phi) is 6.46. The Labute approximate surface area is 148 Å². The van der Waals surface area contributed by atoms with E-state index < -0.39 is 12.8 Å². The highest BCUT2D eigenvalue weighted by molar-refractivity contribution is 5.94. The van der Waals surface area contributed by atoms with Crippen molar-refractivity contribution in [1.82, 2.24) is 5.32 Å². The Balaban J connectivity index is 1.99. The molecule has 26 heavy (non-hydrogen) atoms. The first kappa shape index (κ1) is 19.6. The maximum atomic E-state index is 12.3. The second-order valence-electron chi connectivity index (χ2n) is 5.47. The van der Waals surface area contributed by atoms with Gasteiger partial charge in [-0.1, -0.05) is 18.2 Å². The van der Waals surface area contributed by atoms with Crippen LogP contribution in [0.25, 0.3) is 0 Å². The van der Waals surface area contributed by atoms with E-state index in [2.05, 4.69) is 5.32 Å². The minimum absolute atomic E-state index is 0.0164. The summed E-state index contributed by atoms with van der Waals surface area (Å²) in [5.74, 6) is -0.129. The number of nitrogens with two attached hydrogens (primary N) is 1. The van der Waals surface area contributed by atoms with Gasteiger partial charge in [-0.3, -0.25) is 4.79 Å². The van der Waals surface area contributed by atoms with Crippen LogP contribution >= 0.6 is 0 Å². The molecule has 0 unspecified atom stereocenters. The minimum atomic E-state index is -4.43. The highest BCUT2D eigenvalue weighted by Crippen LogP contribution is 2.29. The quantitative estimate of drug-likeness (QED) is 0.788. The molecule has 2 aromatic rings. The number of rotatable bonds is 7. The molecule has 0 fully saturated rings. The van der Waals surface area contributed by atoms with Crippen molar-refractivity contribution in [3.63, 3.8) is 0 Å². The normalized spacial score (nSPS) is 11.1. The lowest BCUT2D eigenvalue weighted by Gasteiger charge is -2.14. The number of hydrogen-bond acceptors (Lipinski definition) is 4. The van der Waals surface area contributed by atoms with Crippen LogP contribution in [-0.4, -0.2) is 25.8 Å². The fourth-order valence-corrected chi connectivity index (χ4v) is 2.18. The van der Waals surface area contributed by atoms with Gasteiger partial charge < -0.3 is 20.5 Å². The van der Waals surface area contributed by atoms with Gasteiger partial charge in [-0.2, -0.15) is 13.2 Å². The number of carbonyl (C=O) groups excluding carboxylic acids is 1. The van der Waals surface area contributed by atoms with Crippen molar-refractivity contribution in [1.29, 1.82) is 0 Å². The van der Waals surface area contributed by atoms with Crippen LogP contribution < -0.4 is 20.5 Å². The first-order valence-corrected chi connectivity index (χ1v) is 7.76. The van der Waals surface area contributed by atoms with E-state index in [0.29, 0.717) is 17.7 Å². The van der Waals surface area contributed by atoms with E-state index >= 15 is 0 Å². The van der Waals surface area contributed by atoms with Gasteiger partial charge in [0.2, 0.25) is 0 Å². The average molecular weight is 368 g/mol. The van der Waals surface area contributed by atoms with Crippen molar-refractivity contribution in [3.05, 3.63) is 59.2 Å². The van der Waals surface area contributed by atoms with Crippen molar-refractivity contribution in [3.8, 4) is 11.5 Å². The number of amides is 1. The van der Waals surface area contributed by atoms with E-state index in [1.165, 1.54) is 19.2 Å². The fraction of sp³-hybridized carbons (Fsp3) is 0.278. The largest absolute Gasteiger partial charge is 0.493 e. The fourth-order valence-electron chi connectivity index (χ4n) is 2.18. The monoisotopic (exact) mass is 368 g/mol. The van der Waals surface area contributed by atoms with Crippen molar-refractivity contribution < 1.29 is 27.4 Å². The molecule has 1 amide bonds. The topological polar surface area (TPSA) is 73.6 Å². The summed E-state index contributed by atoms with van der Waals surface area (Å²) in [5.41, 5.74) is 7.57. The zero-order valence-corrected chi connectivity index (χ0v) is 14.1.